The molecule has 2 rings (SSSR count). The molecule has 2 N–H and O–H groups in total. The van der Waals surface area contributed by atoms with Crippen molar-refractivity contribution in [1.29, 1.82) is 0 Å². The highest BCUT2D eigenvalue weighted by atomic mass is 16.3. The topological polar surface area (TPSA) is 67.2 Å². The van der Waals surface area contributed by atoms with Gasteiger partial charge in [-0.25, -0.2) is 9.78 Å². The van der Waals surface area contributed by atoms with Crippen LogP contribution in [0.25, 0.3) is 11.5 Å². The van der Waals surface area contributed by atoms with Gasteiger partial charge in [0.05, 0.1) is 12.2 Å². The van der Waals surface area contributed by atoms with Gasteiger partial charge in [-0.3, -0.25) is 0 Å². The van der Waals surface area contributed by atoms with Crippen molar-refractivity contribution in [1.82, 2.24) is 15.6 Å². The van der Waals surface area contributed by atoms with Crippen LogP contribution in [-0.2, 0) is 6.42 Å². The molecule has 0 aliphatic carbocycles. The number of nitrogens with zero attached hydrogens (tertiary/aromatic N) is 1. The van der Waals surface area contributed by atoms with Gasteiger partial charge >= 0.3 is 6.03 Å². The summed E-state index contributed by atoms with van der Waals surface area (Å²) in [4.78, 5) is 15.6. The number of urea groups is 1. The van der Waals surface area contributed by atoms with Crippen molar-refractivity contribution in [2.75, 3.05) is 13.1 Å². The third kappa shape index (κ3) is 3.89. The number of amides is 2. The van der Waals surface area contributed by atoms with Gasteiger partial charge in [-0.2, -0.15) is 0 Å². The second kappa shape index (κ2) is 7.00. The Morgan fingerprint density at radius 2 is 2.10 bits per heavy atom. The first-order valence-corrected chi connectivity index (χ1v) is 6.24. The number of carbonyl (C=O) groups excluding carboxylic acids is 1. The molecule has 1 heterocycles. The van der Waals surface area contributed by atoms with E-state index in [9.17, 15) is 4.79 Å². The molecule has 1 aromatic carbocycles. The van der Waals surface area contributed by atoms with Gasteiger partial charge in [0.2, 0.25) is 5.89 Å². The summed E-state index contributed by atoms with van der Waals surface area (Å²) in [5, 5.41) is 5.21. The SMILES string of the molecule is C#CCNC(=O)NCCc1coc(-c2ccccc2)n1. The van der Waals surface area contributed by atoms with Gasteiger partial charge in [-0.1, -0.05) is 24.1 Å². The lowest BCUT2D eigenvalue weighted by Crippen LogP contribution is -2.36. The fraction of sp³-hybridized carbons (Fsp3) is 0.200. The molecule has 20 heavy (non-hydrogen) atoms. The summed E-state index contributed by atoms with van der Waals surface area (Å²) in [6.45, 7) is 0.686. The Hall–Kier alpha value is -2.74. The van der Waals surface area contributed by atoms with Gasteiger partial charge in [-0.15, -0.1) is 6.42 Å². The summed E-state index contributed by atoms with van der Waals surface area (Å²) in [5.74, 6) is 2.91. The van der Waals surface area contributed by atoms with E-state index in [-0.39, 0.29) is 12.6 Å². The molecule has 1 aromatic heterocycles. The average molecular weight is 269 g/mol. The Bertz CT molecular complexity index is 599. The third-order valence-electron chi connectivity index (χ3n) is 2.59. The zero-order valence-electron chi connectivity index (χ0n) is 10.9. The van der Waals surface area contributed by atoms with Crippen LogP contribution < -0.4 is 10.6 Å². The van der Waals surface area contributed by atoms with Gasteiger partial charge in [0.15, 0.2) is 0 Å². The minimum Gasteiger partial charge on any atom is -0.444 e. The van der Waals surface area contributed by atoms with Crippen molar-refractivity contribution < 1.29 is 9.21 Å². The first kappa shape index (κ1) is 13.7. The molecule has 0 aliphatic rings. The summed E-state index contributed by atoms with van der Waals surface area (Å²) >= 11 is 0. The molecule has 5 nitrogen and oxygen atoms in total. The van der Waals surface area contributed by atoms with E-state index < -0.39 is 0 Å². The molecule has 0 atom stereocenters. The number of rotatable bonds is 5. The lowest BCUT2D eigenvalue weighted by atomic mass is 10.2. The summed E-state index contributed by atoms with van der Waals surface area (Å²) in [7, 11) is 0. The van der Waals surface area contributed by atoms with Gasteiger partial charge in [-0.05, 0) is 12.1 Å². The number of hydrogen-bond donors (Lipinski definition) is 2. The van der Waals surface area contributed by atoms with Gasteiger partial charge in [0.1, 0.15) is 6.26 Å². The molecule has 0 aliphatic heterocycles. The van der Waals surface area contributed by atoms with E-state index >= 15 is 0 Å². The first-order chi connectivity index (χ1) is 9.79. The van der Waals surface area contributed by atoms with Crippen LogP contribution in [0.4, 0.5) is 4.79 Å². The van der Waals surface area contributed by atoms with Crippen LogP contribution in [0, 0.1) is 12.3 Å². The number of terminal acetylenes is 1. The first-order valence-electron chi connectivity index (χ1n) is 6.24. The number of aromatic nitrogens is 1. The van der Waals surface area contributed by atoms with Crippen molar-refractivity contribution >= 4 is 6.03 Å². The maximum atomic E-state index is 11.3. The van der Waals surface area contributed by atoms with Crippen LogP contribution in [0.2, 0.25) is 0 Å². The zero-order valence-corrected chi connectivity index (χ0v) is 10.9. The molecule has 0 fully saturated rings. The largest absolute Gasteiger partial charge is 0.444 e. The number of carbonyl (C=O) groups is 1. The molecule has 0 saturated heterocycles. The van der Waals surface area contributed by atoms with Crippen molar-refractivity contribution in [2.24, 2.45) is 0 Å². The second-order valence-electron chi connectivity index (χ2n) is 4.07. The molecule has 0 saturated carbocycles. The quantitative estimate of drug-likeness (QED) is 0.814. The maximum absolute atomic E-state index is 11.3. The maximum Gasteiger partial charge on any atom is 0.315 e. The van der Waals surface area contributed by atoms with Crippen molar-refractivity contribution in [2.45, 2.75) is 6.42 Å². The van der Waals surface area contributed by atoms with E-state index in [1.807, 2.05) is 30.3 Å². The molecule has 2 aromatic rings. The van der Waals surface area contributed by atoms with Crippen LogP contribution in [0.3, 0.4) is 0 Å². The zero-order chi connectivity index (χ0) is 14.2. The highest BCUT2D eigenvalue weighted by molar-refractivity contribution is 5.74. The van der Waals surface area contributed by atoms with E-state index in [1.165, 1.54) is 0 Å². The molecule has 102 valence electrons. The van der Waals surface area contributed by atoms with Crippen molar-refractivity contribution in [3.63, 3.8) is 0 Å². The van der Waals surface area contributed by atoms with E-state index in [2.05, 4.69) is 21.5 Å². The Labute approximate surface area is 117 Å². The normalized spacial score (nSPS) is 9.75. The molecule has 0 spiro atoms. The predicted molar refractivity (Wildman–Crippen MR) is 75.9 cm³/mol. The average Bonchev–Trinajstić information content (AvgIpc) is 2.95. The molecule has 0 bridgehead atoms. The molecule has 0 radical (unpaired) electrons. The fourth-order valence-corrected chi connectivity index (χ4v) is 1.63. The second-order valence-corrected chi connectivity index (χ2v) is 4.07. The number of hydrogen-bond acceptors (Lipinski definition) is 3. The predicted octanol–water partition coefficient (Wildman–Crippen LogP) is 1.82. The highest BCUT2D eigenvalue weighted by Crippen LogP contribution is 2.17. The van der Waals surface area contributed by atoms with Crippen molar-refractivity contribution in [3.05, 3.63) is 42.3 Å². The fourth-order valence-electron chi connectivity index (χ4n) is 1.63. The van der Waals surface area contributed by atoms with E-state index in [1.54, 1.807) is 6.26 Å². The van der Waals surface area contributed by atoms with Crippen LogP contribution in [0.5, 0.6) is 0 Å². The molecular formula is C15H15N3O2. The van der Waals surface area contributed by atoms with Gasteiger partial charge in [0.25, 0.3) is 0 Å². The van der Waals surface area contributed by atoms with Gasteiger partial charge in [0, 0.05) is 18.5 Å². The Morgan fingerprint density at radius 1 is 1.30 bits per heavy atom. The summed E-state index contributed by atoms with van der Waals surface area (Å²) in [6, 6.07) is 9.37. The summed E-state index contributed by atoms with van der Waals surface area (Å²) in [6.07, 6.45) is 7.24. The highest BCUT2D eigenvalue weighted by Gasteiger charge is 2.06. The Morgan fingerprint density at radius 3 is 2.85 bits per heavy atom. The summed E-state index contributed by atoms with van der Waals surface area (Å²) in [5.41, 5.74) is 1.72. The van der Waals surface area contributed by atoms with Crippen molar-refractivity contribution in [3.8, 4) is 23.8 Å². The van der Waals surface area contributed by atoms with Crippen LogP contribution in [0.1, 0.15) is 5.69 Å². The monoisotopic (exact) mass is 269 g/mol. The standard InChI is InChI=1S/C15H15N3O2/c1-2-9-16-15(19)17-10-8-13-11-20-14(18-13)12-6-4-3-5-7-12/h1,3-7,11H,8-10H2,(H2,16,17,19). The van der Waals surface area contributed by atoms with Gasteiger partial charge < -0.3 is 15.1 Å². The molecular weight excluding hydrogens is 254 g/mol. The third-order valence-corrected chi connectivity index (χ3v) is 2.59. The Balaban J connectivity index is 1.82. The summed E-state index contributed by atoms with van der Waals surface area (Å²) < 4.78 is 5.41. The number of oxazole rings is 1. The number of nitrogens with one attached hydrogen (secondary N) is 2. The van der Waals surface area contributed by atoms with E-state index in [0.717, 1.165) is 11.3 Å². The lowest BCUT2D eigenvalue weighted by Gasteiger charge is -2.03. The molecule has 0 unspecified atom stereocenters. The minimum atomic E-state index is -0.283. The molecule has 2 amide bonds. The van der Waals surface area contributed by atoms with E-state index in [4.69, 9.17) is 10.8 Å². The van der Waals surface area contributed by atoms with E-state index in [0.29, 0.717) is 18.9 Å². The van der Waals surface area contributed by atoms with Crippen LogP contribution >= 0.6 is 0 Å². The number of benzene rings is 1. The van der Waals surface area contributed by atoms with Crippen LogP contribution in [0.15, 0.2) is 41.0 Å². The smallest absolute Gasteiger partial charge is 0.315 e. The van der Waals surface area contributed by atoms with Crippen LogP contribution in [-0.4, -0.2) is 24.1 Å². The Kier molecular flexibility index (Phi) is 4.79. The lowest BCUT2D eigenvalue weighted by molar-refractivity contribution is 0.242. The minimum absolute atomic E-state index is 0.216. The molecule has 5 heteroatoms.